The summed E-state index contributed by atoms with van der Waals surface area (Å²) in [7, 11) is 1.64. The van der Waals surface area contributed by atoms with Gasteiger partial charge in [0.1, 0.15) is 5.75 Å². The van der Waals surface area contributed by atoms with Gasteiger partial charge in [0.05, 0.1) is 17.2 Å². The Hall–Kier alpha value is -1.03. The van der Waals surface area contributed by atoms with Crippen molar-refractivity contribution in [2.24, 2.45) is 0 Å². The van der Waals surface area contributed by atoms with E-state index in [0.717, 1.165) is 22.0 Å². The van der Waals surface area contributed by atoms with Crippen molar-refractivity contribution >= 4 is 40.7 Å². The lowest BCUT2D eigenvalue weighted by atomic mass is 10.2. The summed E-state index contributed by atoms with van der Waals surface area (Å²) in [6, 6.07) is 11.3. The minimum absolute atomic E-state index is 0.570. The molecular weight excluding hydrogens is 301 g/mol. The number of rotatable bonds is 4. The van der Waals surface area contributed by atoms with Gasteiger partial charge in [-0.3, -0.25) is 0 Å². The molecule has 0 saturated heterocycles. The lowest BCUT2D eigenvalue weighted by molar-refractivity contribution is 0.405. The number of hydrogen-bond acceptors (Lipinski definition) is 3. The van der Waals surface area contributed by atoms with E-state index in [2.05, 4.69) is 0 Å². The highest BCUT2D eigenvalue weighted by Crippen LogP contribution is 2.34. The zero-order valence-corrected chi connectivity index (χ0v) is 12.6. The molecular formula is C14H13Cl2NOS. The van der Waals surface area contributed by atoms with Crippen LogP contribution < -0.4 is 10.5 Å². The van der Waals surface area contributed by atoms with E-state index in [0.29, 0.717) is 15.7 Å². The normalized spacial score (nSPS) is 10.5. The quantitative estimate of drug-likeness (QED) is 0.645. The molecule has 2 aromatic rings. The smallest absolute Gasteiger partial charge is 0.134 e. The number of nitrogens with two attached hydrogens (primary N) is 1. The van der Waals surface area contributed by atoms with Crippen LogP contribution in [0, 0.1) is 0 Å². The summed E-state index contributed by atoms with van der Waals surface area (Å²) >= 11 is 13.5. The highest BCUT2D eigenvalue weighted by atomic mass is 35.5. The third kappa shape index (κ3) is 3.72. The largest absolute Gasteiger partial charge is 0.496 e. The van der Waals surface area contributed by atoms with Crippen molar-refractivity contribution in [2.45, 2.75) is 10.6 Å². The van der Waals surface area contributed by atoms with Crippen molar-refractivity contribution in [3.63, 3.8) is 0 Å². The molecule has 0 bridgehead atoms. The molecule has 0 atom stereocenters. The van der Waals surface area contributed by atoms with Crippen LogP contribution in [0.2, 0.25) is 10.0 Å². The van der Waals surface area contributed by atoms with Gasteiger partial charge >= 0.3 is 0 Å². The molecule has 0 aliphatic rings. The molecule has 2 aromatic carbocycles. The molecule has 2 rings (SSSR count). The number of ether oxygens (including phenoxy) is 1. The van der Waals surface area contributed by atoms with Crippen LogP contribution in [0.15, 0.2) is 41.3 Å². The SMILES string of the molecule is COc1cc(N)ccc1SCc1ccc(Cl)c(Cl)c1. The first-order chi connectivity index (χ1) is 9.10. The first kappa shape index (κ1) is 14.4. The highest BCUT2D eigenvalue weighted by Gasteiger charge is 2.06. The molecule has 100 valence electrons. The maximum Gasteiger partial charge on any atom is 0.134 e. The monoisotopic (exact) mass is 313 g/mol. The number of halogens is 2. The van der Waals surface area contributed by atoms with Gasteiger partial charge in [0.25, 0.3) is 0 Å². The maximum absolute atomic E-state index is 5.99. The molecule has 0 saturated carbocycles. The number of methoxy groups -OCH3 is 1. The molecule has 0 amide bonds. The van der Waals surface area contributed by atoms with Crippen molar-refractivity contribution in [1.82, 2.24) is 0 Å². The number of nitrogen functional groups attached to an aromatic ring is 1. The third-order valence-electron chi connectivity index (χ3n) is 2.57. The summed E-state index contributed by atoms with van der Waals surface area (Å²) < 4.78 is 5.31. The fourth-order valence-electron chi connectivity index (χ4n) is 1.59. The van der Waals surface area contributed by atoms with Crippen molar-refractivity contribution in [2.75, 3.05) is 12.8 Å². The topological polar surface area (TPSA) is 35.2 Å². The van der Waals surface area contributed by atoms with E-state index in [4.69, 9.17) is 33.7 Å². The number of hydrogen-bond donors (Lipinski definition) is 1. The minimum atomic E-state index is 0.570. The summed E-state index contributed by atoms with van der Waals surface area (Å²) in [5.41, 5.74) is 7.53. The first-order valence-electron chi connectivity index (χ1n) is 5.60. The van der Waals surface area contributed by atoms with Crippen molar-refractivity contribution in [3.05, 3.63) is 52.0 Å². The van der Waals surface area contributed by atoms with E-state index in [9.17, 15) is 0 Å². The molecule has 2 N–H and O–H groups in total. The van der Waals surface area contributed by atoms with Crippen LogP contribution in [0.3, 0.4) is 0 Å². The van der Waals surface area contributed by atoms with Crippen LogP contribution in [0.1, 0.15) is 5.56 Å². The molecule has 19 heavy (non-hydrogen) atoms. The number of anilines is 1. The van der Waals surface area contributed by atoms with Crippen LogP contribution >= 0.6 is 35.0 Å². The van der Waals surface area contributed by atoms with Gasteiger partial charge in [-0.25, -0.2) is 0 Å². The van der Waals surface area contributed by atoms with Crippen LogP contribution in [-0.2, 0) is 5.75 Å². The van der Waals surface area contributed by atoms with Crippen LogP contribution in [0.5, 0.6) is 5.75 Å². The molecule has 0 aliphatic heterocycles. The Labute approximate surface area is 126 Å². The van der Waals surface area contributed by atoms with E-state index in [1.54, 1.807) is 24.9 Å². The summed E-state index contributed by atoms with van der Waals surface area (Å²) in [5, 5.41) is 1.14. The van der Waals surface area contributed by atoms with Gasteiger partial charge in [-0.05, 0) is 29.8 Å². The van der Waals surface area contributed by atoms with Gasteiger partial charge in [-0.15, -0.1) is 11.8 Å². The maximum atomic E-state index is 5.99. The van der Waals surface area contributed by atoms with E-state index in [-0.39, 0.29) is 0 Å². The lowest BCUT2D eigenvalue weighted by Gasteiger charge is -2.09. The predicted octanol–water partition coefficient (Wildman–Crippen LogP) is 4.88. The fraction of sp³-hybridized carbons (Fsp3) is 0.143. The number of benzene rings is 2. The minimum Gasteiger partial charge on any atom is -0.496 e. The average molecular weight is 314 g/mol. The standard InChI is InChI=1S/C14H13Cl2NOS/c1-18-13-7-10(17)3-5-14(13)19-8-9-2-4-11(15)12(16)6-9/h2-7H,8,17H2,1H3. The number of thioether (sulfide) groups is 1. The zero-order valence-electron chi connectivity index (χ0n) is 10.3. The Morgan fingerprint density at radius 3 is 2.58 bits per heavy atom. The van der Waals surface area contributed by atoms with Gasteiger partial charge in [-0.1, -0.05) is 29.3 Å². The molecule has 0 aromatic heterocycles. The molecule has 5 heteroatoms. The average Bonchev–Trinajstić information content (AvgIpc) is 2.41. The third-order valence-corrected chi connectivity index (χ3v) is 4.43. The van der Waals surface area contributed by atoms with Gasteiger partial charge < -0.3 is 10.5 Å². The Kier molecular flexibility index (Phi) is 4.86. The van der Waals surface area contributed by atoms with E-state index >= 15 is 0 Å². The van der Waals surface area contributed by atoms with Gasteiger partial charge in [0, 0.05) is 22.4 Å². The second-order valence-electron chi connectivity index (χ2n) is 3.95. The van der Waals surface area contributed by atoms with Crippen molar-refractivity contribution in [3.8, 4) is 5.75 Å². The molecule has 0 heterocycles. The molecule has 0 fully saturated rings. The Bertz CT molecular complexity index is 590. The fourth-order valence-corrected chi connectivity index (χ4v) is 2.87. The van der Waals surface area contributed by atoms with E-state index < -0.39 is 0 Å². The lowest BCUT2D eigenvalue weighted by Crippen LogP contribution is -1.90. The van der Waals surface area contributed by atoms with Gasteiger partial charge in [0.15, 0.2) is 0 Å². The van der Waals surface area contributed by atoms with Crippen molar-refractivity contribution in [1.29, 1.82) is 0 Å². The van der Waals surface area contributed by atoms with E-state index in [1.165, 1.54) is 0 Å². The van der Waals surface area contributed by atoms with Crippen molar-refractivity contribution < 1.29 is 4.74 Å². The predicted molar refractivity (Wildman–Crippen MR) is 83.4 cm³/mol. The van der Waals surface area contributed by atoms with Gasteiger partial charge in [0.2, 0.25) is 0 Å². The second-order valence-corrected chi connectivity index (χ2v) is 5.78. The van der Waals surface area contributed by atoms with E-state index in [1.807, 2.05) is 30.3 Å². The molecule has 2 nitrogen and oxygen atoms in total. The zero-order chi connectivity index (χ0) is 13.8. The summed E-state index contributed by atoms with van der Waals surface area (Å²) in [6.07, 6.45) is 0. The molecule has 0 aliphatic carbocycles. The Morgan fingerprint density at radius 2 is 1.89 bits per heavy atom. The second kappa shape index (κ2) is 6.42. The molecule has 0 radical (unpaired) electrons. The molecule has 0 unspecified atom stereocenters. The summed E-state index contributed by atoms with van der Waals surface area (Å²) in [4.78, 5) is 1.04. The van der Waals surface area contributed by atoms with Crippen LogP contribution in [0.25, 0.3) is 0 Å². The van der Waals surface area contributed by atoms with Crippen LogP contribution in [0.4, 0.5) is 5.69 Å². The first-order valence-corrected chi connectivity index (χ1v) is 7.34. The van der Waals surface area contributed by atoms with Gasteiger partial charge in [-0.2, -0.15) is 0 Å². The Balaban J connectivity index is 2.12. The highest BCUT2D eigenvalue weighted by molar-refractivity contribution is 7.98. The summed E-state index contributed by atoms with van der Waals surface area (Å²) in [5.74, 6) is 1.57. The Morgan fingerprint density at radius 1 is 1.11 bits per heavy atom. The van der Waals surface area contributed by atoms with Crippen LogP contribution in [-0.4, -0.2) is 7.11 Å². The molecule has 0 spiro atoms. The summed E-state index contributed by atoms with van der Waals surface area (Å²) in [6.45, 7) is 0.